The van der Waals surface area contributed by atoms with E-state index in [1.165, 1.54) is 10.9 Å². The fraction of sp³-hybridized carbons (Fsp3) is 0.522. The zero-order valence-corrected chi connectivity index (χ0v) is 19.5. The van der Waals surface area contributed by atoms with E-state index in [1.54, 1.807) is 0 Å². The molecule has 3 aromatic rings. The third kappa shape index (κ3) is 4.56. The van der Waals surface area contributed by atoms with Crippen molar-refractivity contribution in [3.8, 4) is 0 Å². The molecule has 0 bridgehead atoms. The van der Waals surface area contributed by atoms with Crippen LogP contribution in [0.15, 0.2) is 36.7 Å². The highest BCUT2D eigenvalue weighted by molar-refractivity contribution is 5.83. The number of aliphatic hydroxyl groups is 7. The highest BCUT2D eigenvalue weighted by Crippen LogP contribution is 2.39. The quantitative estimate of drug-likeness (QED) is 0.163. The van der Waals surface area contributed by atoms with E-state index in [-0.39, 0.29) is 17.0 Å². The van der Waals surface area contributed by atoms with Crippen LogP contribution < -0.4 is 5.32 Å². The molecule has 2 fully saturated rings. The van der Waals surface area contributed by atoms with Gasteiger partial charge in [-0.2, -0.15) is 0 Å². The maximum atomic E-state index is 10.8. The lowest BCUT2D eigenvalue weighted by atomic mass is 9.98. The summed E-state index contributed by atoms with van der Waals surface area (Å²) in [5, 5.41) is 75.0. The van der Waals surface area contributed by atoms with Crippen molar-refractivity contribution < 1.29 is 45.2 Å². The van der Waals surface area contributed by atoms with Crippen molar-refractivity contribution in [1.29, 1.82) is 0 Å². The van der Waals surface area contributed by atoms with Crippen LogP contribution in [0.25, 0.3) is 11.2 Å². The average Bonchev–Trinajstić information content (AvgIpc) is 3.44. The normalized spacial score (nSPS) is 34.2. The molecule has 0 aliphatic carbocycles. The van der Waals surface area contributed by atoms with Gasteiger partial charge in [-0.15, -0.1) is 0 Å². The fourth-order valence-corrected chi connectivity index (χ4v) is 4.70. The lowest BCUT2D eigenvalue weighted by Gasteiger charge is -2.41. The minimum absolute atomic E-state index is 0.0370. The number of nitrogens with zero attached hydrogens (tertiary/aromatic N) is 4. The lowest BCUT2D eigenvalue weighted by Crippen LogP contribution is -2.56. The molecule has 4 heterocycles. The number of ether oxygens (including phenoxy) is 2. The Morgan fingerprint density at radius 3 is 2.16 bits per heavy atom. The van der Waals surface area contributed by atoms with Crippen molar-refractivity contribution in [2.45, 2.75) is 61.6 Å². The number of imidazole rings is 1. The van der Waals surface area contributed by atoms with Gasteiger partial charge in [0.15, 0.2) is 23.2 Å². The minimum atomic E-state index is -1.69. The van der Waals surface area contributed by atoms with E-state index in [0.29, 0.717) is 12.4 Å². The van der Waals surface area contributed by atoms with Crippen LogP contribution in [0.3, 0.4) is 0 Å². The Bertz CT molecular complexity index is 1210. The molecule has 1 aromatic carbocycles. The minimum Gasteiger partial charge on any atom is -0.394 e. The zero-order valence-electron chi connectivity index (χ0n) is 19.5. The summed E-state index contributed by atoms with van der Waals surface area (Å²) in [6, 6.07) is 9.51. The number of hydrogen-bond donors (Lipinski definition) is 8. The Kier molecular flexibility index (Phi) is 7.35. The van der Waals surface area contributed by atoms with Crippen LogP contribution in [-0.2, 0) is 16.0 Å². The molecule has 2 aromatic heterocycles. The summed E-state index contributed by atoms with van der Waals surface area (Å²) in [7, 11) is 0. The largest absolute Gasteiger partial charge is 0.394 e. The van der Waals surface area contributed by atoms with Crippen LogP contribution in [0, 0.1) is 0 Å². The Balaban J connectivity index is 1.61. The highest BCUT2D eigenvalue weighted by Gasteiger charge is 2.49. The van der Waals surface area contributed by atoms with Crippen LogP contribution in [0.5, 0.6) is 0 Å². The first kappa shape index (κ1) is 25.8. The van der Waals surface area contributed by atoms with Gasteiger partial charge in [-0.3, -0.25) is 4.57 Å². The summed E-state index contributed by atoms with van der Waals surface area (Å²) in [5.74, 6) is 0.273. The van der Waals surface area contributed by atoms with Crippen molar-refractivity contribution in [3.05, 3.63) is 48.0 Å². The molecular formula is C23H29N5O9. The zero-order chi connectivity index (χ0) is 26.3. The predicted molar refractivity (Wildman–Crippen MR) is 125 cm³/mol. The smallest absolute Gasteiger partial charge is 0.167 e. The molecule has 9 atom stereocenters. The van der Waals surface area contributed by atoms with Crippen molar-refractivity contribution in [2.75, 3.05) is 18.5 Å². The summed E-state index contributed by atoms with van der Waals surface area (Å²) < 4.78 is 12.7. The number of nitrogens with one attached hydrogen (secondary N) is 1. The third-order valence-corrected chi connectivity index (χ3v) is 6.73. The molecule has 2 unspecified atom stereocenters. The number of hydrogen-bond acceptors (Lipinski definition) is 13. The van der Waals surface area contributed by atoms with Crippen LogP contribution in [0.4, 0.5) is 5.82 Å². The first-order chi connectivity index (χ1) is 17.8. The van der Waals surface area contributed by atoms with Crippen molar-refractivity contribution in [1.82, 2.24) is 19.5 Å². The maximum absolute atomic E-state index is 10.8. The van der Waals surface area contributed by atoms with E-state index in [1.807, 2.05) is 30.3 Å². The number of aromatic nitrogens is 4. The van der Waals surface area contributed by atoms with Gasteiger partial charge in [0, 0.05) is 6.54 Å². The maximum Gasteiger partial charge on any atom is 0.167 e. The van der Waals surface area contributed by atoms with Crippen molar-refractivity contribution >= 4 is 17.0 Å². The van der Waals surface area contributed by atoms with Gasteiger partial charge in [0.2, 0.25) is 0 Å². The molecule has 5 rings (SSSR count). The Hall–Kier alpha value is -2.79. The van der Waals surface area contributed by atoms with Crippen LogP contribution >= 0.6 is 0 Å². The van der Waals surface area contributed by atoms with Gasteiger partial charge in [0.05, 0.1) is 13.2 Å². The molecule has 0 spiro atoms. The molecule has 8 N–H and O–H groups in total. The summed E-state index contributed by atoms with van der Waals surface area (Å²) in [6.07, 6.45) is -11.7. The Morgan fingerprint density at radius 1 is 0.811 bits per heavy atom. The summed E-state index contributed by atoms with van der Waals surface area (Å²) in [4.78, 5) is 13.1. The van der Waals surface area contributed by atoms with E-state index in [0.717, 1.165) is 5.56 Å². The molecule has 2 aliphatic rings. The molecule has 14 nitrogen and oxygen atoms in total. The molecular weight excluding hydrogens is 490 g/mol. The number of anilines is 1. The first-order valence-corrected chi connectivity index (χ1v) is 11.8. The number of benzene rings is 1. The van der Waals surface area contributed by atoms with Gasteiger partial charge in [0.25, 0.3) is 0 Å². The van der Waals surface area contributed by atoms with E-state index in [9.17, 15) is 35.7 Å². The van der Waals surface area contributed by atoms with Gasteiger partial charge < -0.3 is 50.5 Å². The number of aliphatic hydroxyl groups excluding tert-OH is 7. The van der Waals surface area contributed by atoms with Gasteiger partial charge in [-0.1, -0.05) is 30.3 Å². The molecule has 0 saturated carbocycles. The van der Waals surface area contributed by atoms with E-state index < -0.39 is 68.3 Å². The molecule has 0 amide bonds. The Labute approximate surface area is 210 Å². The molecule has 14 heteroatoms. The van der Waals surface area contributed by atoms with Gasteiger partial charge in [-0.25, -0.2) is 15.0 Å². The molecule has 2 saturated heterocycles. The third-order valence-electron chi connectivity index (χ3n) is 6.73. The first-order valence-electron chi connectivity index (χ1n) is 11.8. The second kappa shape index (κ2) is 10.5. The topological polar surface area (TPSA) is 216 Å². The molecule has 0 radical (unpaired) electrons. The van der Waals surface area contributed by atoms with Gasteiger partial charge >= 0.3 is 0 Å². The van der Waals surface area contributed by atoms with Crippen LogP contribution in [-0.4, -0.2) is 111 Å². The summed E-state index contributed by atoms with van der Waals surface area (Å²) >= 11 is 0. The highest BCUT2D eigenvalue weighted by atomic mass is 16.6. The van der Waals surface area contributed by atoms with Crippen molar-refractivity contribution in [3.63, 3.8) is 0 Å². The second-order valence-electron chi connectivity index (χ2n) is 9.05. The lowest BCUT2D eigenvalue weighted by molar-refractivity contribution is -0.251. The van der Waals surface area contributed by atoms with E-state index >= 15 is 0 Å². The van der Waals surface area contributed by atoms with Crippen LogP contribution in [0.1, 0.15) is 23.7 Å². The Morgan fingerprint density at radius 2 is 1.49 bits per heavy atom. The van der Waals surface area contributed by atoms with Crippen molar-refractivity contribution in [2.24, 2.45) is 0 Å². The number of rotatable bonds is 7. The monoisotopic (exact) mass is 519 g/mol. The summed E-state index contributed by atoms with van der Waals surface area (Å²) in [6.45, 7) is -0.835. The van der Waals surface area contributed by atoms with E-state index in [2.05, 4.69) is 20.3 Å². The molecule has 2 aliphatic heterocycles. The van der Waals surface area contributed by atoms with E-state index in [4.69, 9.17) is 9.47 Å². The van der Waals surface area contributed by atoms with Crippen LogP contribution in [0.2, 0.25) is 0 Å². The van der Waals surface area contributed by atoms with Gasteiger partial charge in [-0.05, 0) is 5.56 Å². The number of fused-ring (bicyclic) bond motifs is 1. The molecule has 37 heavy (non-hydrogen) atoms. The second-order valence-corrected chi connectivity index (χ2v) is 9.05. The SMILES string of the molecule is OC[C@H]1OC(c2nc3c(NCc4ccccc4)ncnc3n2C2O[C@H](CO)[C@@H](O)[C@H](O)[C@H]2O)[C@H](O)[C@@H]1O. The predicted octanol–water partition coefficient (Wildman–Crippen LogP) is -2.44. The summed E-state index contributed by atoms with van der Waals surface area (Å²) in [5.41, 5.74) is 1.30. The van der Waals surface area contributed by atoms with Gasteiger partial charge in [0.1, 0.15) is 61.0 Å². The average molecular weight is 520 g/mol. The standard InChI is InChI=1S/C23H29N5O9/c29-7-11-15(32)17(34)19(36-11)22-27-13-20(24-6-10-4-2-1-3-5-10)25-9-26-21(13)28(22)23-18(35)16(33)14(31)12(8-30)37-23/h1-5,9,11-12,14-19,23,29-35H,6-8H2,(H,24,25,26)/t11-,12-,14-,15-,16+,17-,18-,19?,23?/m1/s1. The fourth-order valence-electron chi connectivity index (χ4n) is 4.70. The molecule has 200 valence electrons.